The first-order chi connectivity index (χ1) is 11.7. The van der Waals surface area contributed by atoms with E-state index >= 15 is 0 Å². The van der Waals surface area contributed by atoms with E-state index in [1.807, 2.05) is 42.2 Å². The topological polar surface area (TPSA) is 80.0 Å². The highest BCUT2D eigenvalue weighted by molar-refractivity contribution is 6.30. The first-order valence-electron chi connectivity index (χ1n) is 7.50. The lowest BCUT2D eigenvalue weighted by molar-refractivity contribution is 0.980. The van der Waals surface area contributed by atoms with Crippen LogP contribution in [0.3, 0.4) is 0 Å². The number of benzene rings is 1. The van der Waals surface area contributed by atoms with Crippen molar-refractivity contribution in [2.24, 2.45) is 0 Å². The van der Waals surface area contributed by atoms with E-state index in [2.05, 4.69) is 20.3 Å². The standard InChI is InChI=1S/C17H17ClN6/c1-2-24(13-6-4-3-5-7-13)17-15(19)16(21-11-22-17)23-14-9-8-12(18)10-20-14/h3-11H,2,19H2,1H3,(H,20,21,22,23). The number of halogens is 1. The Balaban J connectivity index is 1.94. The Morgan fingerprint density at radius 1 is 1.08 bits per heavy atom. The molecule has 0 radical (unpaired) electrons. The Labute approximate surface area is 145 Å². The van der Waals surface area contributed by atoms with Gasteiger partial charge in [-0.25, -0.2) is 15.0 Å². The van der Waals surface area contributed by atoms with E-state index in [1.54, 1.807) is 18.3 Å². The summed E-state index contributed by atoms with van der Waals surface area (Å²) in [7, 11) is 0. The minimum atomic E-state index is 0.458. The summed E-state index contributed by atoms with van der Waals surface area (Å²) in [5.41, 5.74) is 7.76. The third-order valence-corrected chi connectivity index (χ3v) is 3.70. The fourth-order valence-electron chi connectivity index (χ4n) is 2.33. The number of pyridine rings is 1. The van der Waals surface area contributed by atoms with Gasteiger partial charge in [-0.15, -0.1) is 0 Å². The third-order valence-electron chi connectivity index (χ3n) is 3.48. The van der Waals surface area contributed by atoms with Gasteiger partial charge in [0.15, 0.2) is 11.6 Å². The average Bonchev–Trinajstić information content (AvgIpc) is 2.61. The van der Waals surface area contributed by atoms with Crippen LogP contribution in [0.2, 0.25) is 5.02 Å². The number of anilines is 5. The normalized spacial score (nSPS) is 10.4. The van der Waals surface area contributed by atoms with Crippen LogP contribution < -0.4 is 16.0 Å². The van der Waals surface area contributed by atoms with Crippen molar-refractivity contribution in [2.75, 3.05) is 22.5 Å². The van der Waals surface area contributed by atoms with Crippen molar-refractivity contribution < 1.29 is 0 Å². The highest BCUT2D eigenvalue weighted by atomic mass is 35.5. The van der Waals surface area contributed by atoms with Crippen LogP contribution in [-0.2, 0) is 0 Å². The fraction of sp³-hybridized carbons (Fsp3) is 0.118. The molecular weight excluding hydrogens is 324 g/mol. The largest absolute Gasteiger partial charge is 0.393 e. The highest BCUT2D eigenvalue weighted by Crippen LogP contribution is 2.32. The van der Waals surface area contributed by atoms with Crippen molar-refractivity contribution in [3.8, 4) is 0 Å². The zero-order valence-corrected chi connectivity index (χ0v) is 13.9. The molecule has 0 amide bonds. The maximum atomic E-state index is 6.29. The number of hydrogen-bond acceptors (Lipinski definition) is 6. The molecular formula is C17H17ClN6. The third kappa shape index (κ3) is 3.38. The number of aromatic nitrogens is 3. The van der Waals surface area contributed by atoms with Gasteiger partial charge in [-0.2, -0.15) is 0 Å². The Hall–Kier alpha value is -2.86. The van der Waals surface area contributed by atoms with Crippen LogP contribution in [0.1, 0.15) is 6.92 Å². The minimum absolute atomic E-state index is 0.458. The van der Waals surface area contributed by atoms with Gasteiger partial charge in [0.25, 0.3) is 0 Å². The number of rotatable bonds is 5. The SMILES string of the molecule is CCN(c1ccccc1)c1ncnc(Nc2ccc(Cl)cn2)c1N. The molecule has 7 heteroatoms. The number of nitrogens with zero attached hydrogens (tertiary/aromatic N) is 4. The Morgan fingerprint density at radius 2 is 1.88 bits per heavy atom. The van der Waals surface area contributed by atoms with Crippen molar-refractivity contribution in [1.82, 2.24) is 15.0 Å². The monoisotopic (exact) mass is 340 g/mol. The maximum Gasteiger partial charge on any atom is 0.161 e. The fourth-order valence-corrected chi connectivity index (χ4v) is 2.45. The molecule has 0 unspecified atom stereocenters. The van der Waals surface area contributed by atoms with Gasteiger partial charge in [0, 0.05) is 18.4 Å². The number of nitrogen functional groups attached to an aromatic ring is 1. The zero-order valence-electron chi connectivity index (χ0n) is 13.1. The van der Waals surface area contributed by atoms with E-state index in [1.165, 1.54) is 6.33 Å². The summed E-state index contributed by atoms with van der Waals surface area (Å²) < 4.78 is 0. The zero-order chi connectivity index (χ0) is 16.9. The molecule has 0 saturated heterocycles. The Morgan fingerprint density at radius 3 is 2.54 bits per heavy atom. The molecule has 0 spiro atoms. The molecule has 0 saturated carbocycles. The Bertz CT molecular complexity index is 807. The molecule has 0 fully saturated rings. The average molecular weight is 341 g/mol. The quantitative estimate of drug-likeness (QED) is 0.730. The summed E-state index contributed by atoms with van der Waals surface area (Å²) in [5, 5.41) is 3.67. The van der Waals surface area contributed by atoms with E-state index in [0.717, 1.165) is 12.2 Å². The molecule has 3 rings (SSSR count). The molecule has 1 aromatic carbocycles. The lowest BCUT2D eigenvalue weighted by Gasteiger charge is -2.24. The van der Waals surface area contributed by atoms with E-state index in [4.69, 9.17) is 17.3 Å². The van der Waals surface area contributed by atoms with E-state index < -0.39 is 0 Å². The van der Waals surface area contributed by atoms with Crippen molar-refractivity contribution in [1.29, 1.82) is 0 Å². The van der Waals surface area contributed by atoms with Crippen molar-refractivity contribution in [3.05, 3.63) is 60.0 Å². The summed E-state index contributed by atoms with van der Waals surface area (Å²) in [6, 6.07) is 13.5. The van der Waals surface area contributed by atoms with E-state index in [9.17, 15) is 0 Å². The van der Waals surface area contributed by atoms with Gasteiger partial charge in [-0.3, -0.25) is 0 Å². The first kappa shape index (κ1) is 16.0. The summed E-state index contributed by atoms with van der Waals surface area (Å²) >= 11 is 5.85. The molecule has 2 heterocycles. The number of hydrogen-bond donors (Lipinski definition) is 2. The lowest BCUT2D eigenvalue weighted by Crippen LogP contribution is -2.19. The molecule has 2 aromatic heterocycles. The van der Waals surface area contributed by atoms with Crippen molar-refractivity contribution >= 4 is 40.4 Å². The minimum Gasteiger partial charge on any atom is -0.393 e. The van der Waals surface area contributed by atoms with Crippen LogP contribution in [0.25, 0.3) is 0 Å². The molecule has 3 aromatic rings. The summed E-state index contributed by atoms with van der Waals surface area (Å²) in [5.74, 6) is 1.76. The molecule has 0 aliphatic heterocycles. The van der Waals surface area contributed by atoms with Gasteiger partial charge in [0.05, 0.1) is 5.02 Å². The summed E-state index contributed by atoms with van der Waals surface area (Å²) in [4.78, 5) is 14.8. The molecule has 0 aliphatic rings. The second-order valence-electron chi connectivity index (χ2n) is 5.03. The van der Waals surface area contributed by atoms with Crippen LogP contribution in [0.5, 0.6) is 0 Å². The van der Waals surface area contributed by atoms with Crippen LogP contribution >= 0.6 is 11.6 Å². The van der Waals surface area contributed by atoms with Crippen LogP contribution in [0, 0.1) is 0 Å². The number of nitrogens with two attached hydrogens (primary N) is 1. The Kier molecular flexibility index (Phi) is 4.77. The predicted molar refractivity (Wildman–Crippen MR) is 98.1 cm³/mol. The molecule has 0 aliphatic carbocycles. The van der Waals surface area contributed by atoms with Crippen molar-refractivity contribution in [3.63, 3.8) is 0 Å². The molecule has 122 valence electrons. The number of nitrogens with one attached hydrogen (secondary N) is 1. The molecule has 0 atom stereocenters. The van der Waals surface area contributed by atoms with Gasteiger partial charge in [0.2, 0.25) is 0 Å². The number of para-hydroxylation sites is 1. The van der Waals surface area contributed by atoms with E-state index in [0.29, 0.717) is 28.2 Å². The first-order valence-corrected chi connectivity index (χ1v) is 7.88. The van der Waals surface area contributed by atoms with Gasteiger partial charge in [-0.05, 0) is 31.2 Å². The molecule has 0 bridgehead atoms. The van der Waals surface area contributed by atoms with Gasteiger partial charge >= 0.3 is 0 Å². The second kappa shape index (κ2) is 7.14. The molecule has 3 N–H and O–H groups in total. The molecule has 6 nitrogen and oxygen atoms in total. The van der Waals surface area contributed by atoms with Gasteiger partial charge in [-0.1, -0.05) is 29.8 Å². The van der Waals surface area contributed by atoms with E-state index in [-0.39, 0.29) is 0 Å². The maximum absolute atomic E-state index is 6.29. The highest BCUT2D eigenvalue weighted by Gasteiger charge is 2.15. The van der Waals surface area contributed by atoms with Gasteiger partial charge in [0.1, 0.15) is 17.8 Å². The summed E-state index contributed by atoms with van der Waals surface area (Å²) in [6.45, 7) is 2.77. The van der Waals surface area contributed by atoms with Crippen LogP contribution in [0.4, 0.5) is 28.8 Å². The van der Waals surface area contributed by atoms with Crippen LogP contribution in [0.15, 0.2) is 55.0 Å². The van der Waals surface area contributed by atoms with Gasteiger partial charge < -0.3 is 16.0 Å². The summed E-state index contributed by atoms with van der Waals surface area (Å²) in [6.07, 6.45) is 3.04. The predicted octanol–water partition coefficient (Wildman–Crippen LogP) is 4.01. The van der Waals surface area contributed by atoms with Crippen molar-refractivity contribution in [2.45, 2.75) is 6.92 Å². The second-order valence-corrected chi connectivity index (χ2v) is 5.46. The lowest BCUT2D eigenvalue weighted by atomic mass is 10.2. The molecule has 24 heavy (non-hydrogen) atoms. The van der Waals surface area contributed by atoms with Crippen LogP contribution in [-0.4, -0.2) is 21.5 Å². The smallest absolute Gasteiger partial charge is 0.161 e.